The standard InChI is InChI=1S/C53H101NO5/c1-3-5-7-9-11-13-14-15-24-27-31-35-39-43-47-53(58)59-48-44-40-36-32-28-25-22-20-18-16-17-19-21-23-26-30-34-38-42-46-52(57)54-50(49-55)51(56)45-41-37-33-29-12-10-8-6-4-2/h16-17,41,45,50-51,55-56H,3-15,18-40,42-44,46-49H2,1-2H3,(H,54,57)/b17-16-,45-41+. The molecular weight excluding hydrogens is 731 g/mol. The van der Waals surface area contributed by atoms with Crippen LogP contribution in [0.25, 0.3) is 0 Å². The number of aliphatic hydroxyl groups excluding tert-OH is 2. The lowest BCUT2D eigenvalue weighted by Gasteiger charge is -2.20. The van der Waals surface area contributed by atoms with Crippen molar-refractivity contribution in [2.45, 2.75) is 289 Å². The van der Waals surface area contributed by atoms with E-state index < -0.39 is 12.1 Å². The van der Waals surface area contributed by atoms with Gasteiger partial charge in [-0.15, -0.1) is 0 Å². The van der Waals surface area contributed by atoms with Gasteiger partial charge >= 0.3 is 5.97 Å². The number of carbonyl (C=O) groups is 2. The molecule has 0 aliphatic rings. The Bertz CT molecular complexity index is 920. The molecule has 0 aromatic rings. The van der Waals surface area contributed by atoms with E-state index in [-0.39, 0.29) is 18.5 Å². The molecule has 0 aliphatic heterocycles. The summed E-state index contributed by atoms with van der Waals surface area (Å²) in [6, 6.07) is -0.632. The first kappa shape index (κ1) is 57.3. The van der Waals surface area contributed by atoms with Gasteiger partial charge in [0.05, 0.1) is 25.4 Å². The maximum Gasteiger partial charge on any atom is 0.305 e. The summed E-state index contributed by atoms with van der Waals surface area (Å²) in [4.78, 5) is 24.4. The van der Waals surface area contributed by atoms with Crippen LogP contribution in [0.5, 0.6) is 0 Å². The third kappa shape index (κ3) is 45.7. The van der Waals surface area contributed by atoms with Gasteiger partial charge < -0.3 is 20.3 Å². The maximum absolute atomic E-state index is 12.4. The van der Waals surface area contributed by atoms with E-state index in [2.05, 4.69) is 31.3 Å². The number of hydrogen-bond acceptors (Lipinski definition) is 5. The van der Waals surface area contributed by atoms with E-state index in [9.17, 15) is 19.8 Å². The van der Waals surface area contributed by atoms with Crippen molar-refractivity contribution in [1.82, 2.24) is 5.32 Å². The largest absolute Gasteiger partial charge is 0.466 e. The second-order valence-corrected chi connectivity index (χ2v) is 17.9. The monoisotopic (exact) mass is 832 g/mol. The Hall–Kier alpha value is -1.66. The van der Waals surface area contributed by atoms with Crippen molar-refractivity contribution in [3.05, 3.63) is 24.3 Å². The lowest BCUT2D eigenvalue weighted by atomic mass is 10.0. The number of ether oxygens (including phenoxy) is 1. The molecule has 348 valence electrons. The number of amides is 1. The molecule has 6 heteroatoms. The van der Waals surface area contributed by atoms with Crippen molar-refractivity contribution in [3.8, 4) is 0 Å². The highest BCUT2D eigenvalue weighted by Crippen LogP contribution is 2.16. The lowest BCUT2D eigenvalue weighted by Crippen LogP contribution is -2.45. The van der Waals surface area contributed by atoms with Crippen molar-refractivity contribution in [2.24, 2.45) is 0 Å². The number of hydrogen-bond donors (Lipinski definition) is 3. The highest BCUT2D eigenvalue weighted by molar-refractivity contribution is 5.76. The topological polar surface area (TPSA) is 95.9 Å². The fourth-order valence-corrected chi connectivity index (χ4v) is 7.92. The molecule has 0 saturated heterocycles. The maximum atomic E-state index is 12.4. The molecule has 0 bridgehead atoms. The number of esters is 1. The van der Waals surface area contributed by atoms with Gasteiger partial charge in [-0.1, -0.05) is 231 Å². The summed E-state index contributed by atoms with van der Waals surface area (Å²) >= 11 is 0. The van der Waals surface area contributed by atoms with Crippen LogP contribution in [0.4, 0.5) is 0 Å². The quantitative estimate of drug-likeness (QED) is 0.0322. The van der Waals surface area contributed by atoms with Gasteiger partial charge in [0.15, 0.2) is 0 Å². The molecule has 0 spiro atoms. The number of aliphatic hydroxyl groups is 2. The summed E-state index contributed by atoms with van der Waals surface area (Å²) < 4.78 is 5.47. The fraction of sp³-hybridized carbons (Fsp3) is 0.887. The lowest BCUT2D eigenvalue weighted by molar-refractivity contribution is -0.143. The molecule has 0 aliphatic carbocycles. The van der Waals surface area contributed by atoms with E-state index in [4.69, 9.17) is 4.74 Å². The van der Waals surface area contributed by atoms with Crippen molar-refractivity contribution >= 4 is 11.9 Å². The molecule has 6 nitrogen and oxygen atoms in total. The Morgan fingerprint density at radius 1 is 0.458 bits per heavy atom. The molecule has 59 heavy (non-hydrogen) atoms. The first-order valence-electron chi connectivity index (χ1n) is 26.1. The summed E-state index contributed by atoms with van der Waals surface area (Å²) in [5.74, 6) is -0.0756. The molecule has 0 saturated carbocycles. The van der Waals surface area contributed by atoms with E-state index in [0.29, 0.717) is 19.4 Å². The second kappa shape index (κ2) is 49.0. The molecular formula is C53H101NO5. The van der Waals surface area contributed by atoms with Gasteiger partial charge in [0, 0.05) is 12.8 Å². The summed E-state index contributed by atoms with van der Waals surface area (Å²) in [6.45, 7) is 4.86. The Kier molecular flexibility index (Phi) is 47.6. The van der Waals surface area contributed by atoms with Crippen molar-refractivity contribution in [2.75, 3.05) is 13.2 Å². The highest BCUT2D eigenvalue weighted by Gasteiger charge is 2.18. The normalized spacial score (nSPS) is 12.8. The minimum absolute atomic E-state index is 0.00487. The number of nitrogens with one attached hydrogen (secondary N) is 1. The first-order valence-corrected chi connectivity index (χ1v) is 26.1. The average Bonchev–Trinajstić information content (AvgIpc) is 3.24. The Balaban J connectivity index is 3.42. The van der Waals surface area contributed by atoms with Gasteiger partial charge in [-0.05, 0) is 57.8 Å². The van der Waals surface area contributed by atoms with E-state index in [1.165, 1.54) is 199 Å². The Labute approximate surface area is 367 Å². The highest BCUT2D eigenvalue weighted by atomic mass is 16.5. The van der Waals surface area contributed by atoms with Gasteiger partial charge in [0.2, 0.25) is 5.91 Å². The molecule has 0 aromatic heterocycles. The zero-order chi connectivity index (χ0) is 43.0. The second-order valence-electron chi connectivity index (χ2n) is 17.9. The van der Waals surface area contributed by atoms with Crippen LogP contribution in [0.1, 0.15) is 277 Å². The van der Waals surface area contributed by atoms with E-state index >= 15 is 0 Å². The van der Waals surface area contributed by atoms with E-state index in [1.807, 2.05) is 6.08 Å². The van der Waals surface area contributed by atoms with Gasteiger partial charge in [-0.25, -0.2) is 0 Å². The SMILES string of the molecule is CCCCCCCCC/C=C/C(O)C(CO)NC(=O)CCCCCCCCC/C=C\CCCCCCCCCCOC(=O)CCCCCCCCCCCCCCCC. The number of allylic oxidation sites excluding steroid dienone is 3. The Morgan fingerprint density at radius 3 is 1.20 bits per heavy atom. The zero-order valence-corrected chi connectivity index (χ0v) is 39.5. The van der Waals surface area contributed by atoms with Crippen molar-refractivity contribution < 1.29 is 24.5 Å². The minimum Gasteiger partial charge on any atom is -0.466 e. The van der Waals surface area contributed by atoms with Crippen LogP contribution in [0.15, 0.2) is 24.3 Å². The summed E-state index contributed by atoms with van der Waals surface area (Å²) in [5, 5.41) is 22.9. The molecule has 0 radical (unpaired) electrons. The molecule has 3 N–H and O–H groups in total. The number of rotatable bonds is 48. The summed E-state index contributed by atoms with van der Waals surface area (Å²) in [7, 11) is 0. The van der Waals surface area contributed by atoms with Gasteiger partial charge in [0.25, 0.3) is 0 Å². The predicted molar refractivity (Wildman–Crippen MR) is 255 cm³/mol. The third-order valence-corrected chi connectivity index (χ3v) is 12.0. The van der Waals surface area contributed by atoms with Crippen LogP contribution < -0.4 is 5.32 Å². The fourth-order valence-electron chi connectivity index (χ4n) is 7.92. The predicted octanol–water partition coefficient (Wildman–Crippen LogP) is 15.5. The van der Waals surface area contributed by atoms with Gasteiger partial charge in [-0.3, -0.25) is 9.59 Å². The average molecular weight is 832 g/mol. The van der Waals surface area contributed by atoms with Crippen LogP contribution in [0, 0.1) is 0 Å². The zero-order valence-electron chi connectivity index (χ0n) is 39.5. The van der Waals surface area contributed by atoms with Crippen LogP contribution in [-0.2, 0) is 14.3 Å². The number of unbranched alkanes of at least 4 members (excludes halogenated alkanes) is 35. The summed E-state index contributed by atoms with van der Waals surface area (Å²) in [6.07, 6.45) is 57.6. The van der Waals surface area contributed by atoms with E-state index in [1.54, 1.807) is 6.08 Å². The third-order valence-electron chi connectivity index (χ3n) is 12.0. The van der Waals surface area contributed by atoms with Crippen LogP contribution in [0.3, 0.4) is 0 Å². The van der Waals surface area contributed by atoms with Crippen LogP contribution >= 0.6 is 0 Å². The van der Waals surface area contributed by atoms with Crippen molar-refractivity contribution in [3.63, 3.8) is 0 Å². The van der Waals surface area contributed by atoms with Crippen LogP contribution in [0.2, 0.25) is 0 Å². The molecule has 0 heterocycles. The molecule has 0 fully saturated rings. The molecule has 2 atom stereocenters. The molecule has 0 rings (SSSR count). The number of carbonyl (C=O) groups excluding carboxylic acids is 2. The molecule has 1 amide bonds. The van der Waals surface area contributed by atoms with Crippen molar-refractivity contribution in [1.29, 1.82) is 0 Å². The Morgan fingerprint density at radius 2 is 0.797 bits per heavy atom. The summed E-state index contributed by atoms with van der Waals surface area (Å²) in [5.41, 5.74) is 0. The minimum atomic E-state index is -0.847. The van der Waals surface area contributed by atoms with E-state index in [0.717, 1.165) is 51.4 Å². The van der Waals surface area contributed by atoms with Gasteiger partial charge in [-0.2, -0.15) is 0 Å². The molecule has 2 unspecified atom stereocenters. The first-order chi connectivity index (χ1) is 29.0. The van der Waals surface area contributed by atoms with Crippen LogP contribution in [-0.4, -0.2) is 47.4 Å². The molecule has 0 aromatic carbocycles. The smallest absolute Gasteiger partial charge is 0.305 e. The van der Waals surface area contributed by atoms with Gasteiger partial charge in [0.1, 0.15) is 0 Å².